The minimum Gasteiger partial charge on any atom is -0.354 e. The molecule has 1 aromatic carbocycles. The predicted octanol–water partition coefficient (Wildman–Crippen LogP) is 2.05. The number of hydrogen-bond acceptors (Lipinski definition) is 4. The molecule has 0 spiro atoms. The molecule has 0 bridgehead atoms. The van der Waals surface area contributed by atoms with E-state index >= 15 is 0 Å². The Morgan fingerprint density at radius 1 is 1.50 bits per heavy atom. The van der Waals surface area contributed by atoms with E-state index in [0.717, 1.165) is 16.6 Å². The maximum atomic E-state index is 13.8. The zero-order valence-corrected chi connectivity index (χ0v) is 15.8. The van der Waals surface area contributed by atoms with Crippen molar-refractivity contribution in [3.63, 3.8) is 0 Å². The molecule has 1 atom stereocenters. The quantitative estimate of drug-likeness (QED) is 0.730. The van der Waals surface area contributed by atoms with Gasteiger partial charge in [-0.05, 0) is 35.0 Å². The van der Waals surface area contributed by atoms with Crippen LogP contribution >= 0.6 is 15.9 Å². The lowest BCUT2D eigenvalue weighted by molar-refractivity contribution is 0.203. The average Bonchev–Trinajstić information content (AvgIpc) is 2.87. The predicted molar refractivity (Wildman–Crippen MR) is 93.4 cm³/mol. The molecule has 1 aliphatic heterocycles. The number of hydrogen-bond donors (Lipinski definition) is 2. The molecule has 2 rings (SSSR count). The van der Waals surface area contributed by atoms with Crippen molar-refractivity contribution in [1.29, 1.82) is 0 Å². The molecule has 0 aromatic heterocycles. The first-order chi connectivity index (χ1) is 11.2. The van der Waals surface area contributed by atoms with E-state index in [1.165, 1.54) is 30.3 Å². The summed E-state index contributed by atoms with van der Waals surface area (Å²) in [6.07, 6.45) is 1.91. The van der Waals surface area contributed by atoms with Gasteiger partial charge in [-0.1, -0.05) is 6.07 Å². The number of benzene rings is 1. The summed E-state index contributed by atoms with van der Waals surface area (Å²) in [5.41, 5.74) is 0.639. The second kappa shape index (κ2) is 6.98. The SMILES string of the molecule is CCN(c1cc(F)ccc1C1NC(Br)=CN1C(=O)NC)S(C)(=O)=O. The van der Waals surface area contributed by atoms with E-state index in [9.17, 15) is 17.6 Å². The van der Waals surface area contributed by atoms with Gasteiger partial charge < -0.3 is 10.6 Å². The summed E-state index contributed by atoms with van der Waals surface area (Å²) in [5, 5.41) is 5.53. The fourth-order valence-corrected chi connectivity index (χ4v) is 3.94. The summed E-state index contributed by atoms with van der Waals surface area (Å²) in [5.74, 6) is -0.563. The lowest BCUT2D eigenvalue weighted by atomic mass is 10.1. The Labute approximate surface area is 148 Å². The van der Waals surface area contributed by atoms with Crippen LogP contribution in [0.4, 0.5) is 14.9 Å². The normalized spacial score (nSPS) is 17.3. The van der Waals surface area contributed by atoms with E-state index < -0.39 is 22.0 Å². The Morgan fingerprint density at radius 3 is 2.71 bits per heavy atom. The molecule has 1 aliphatic rings. The molecule has 7 nitrogen and oxygen atoms in total. The second-order valence-corrected chi connectivity index (χ2v) is 7.88. The Kier molecular flexibility index (Phi) is 5.38. The van der Waals surface area contributed by atoms with Crippen LogP contribution in [0, 0.1) is 5.82 Å². The molecule has 0 radical (unpaired) electrons. The van der Waals surface area contributed by atoms with Gasteiger partial charge in [0.1, 0.15) is 12.0 Å². The maximum Gasteiger partial charge on any atom is 0.323 e. The van der Waals surface area contributed by atoms with E-state index in [1.54, 1.807) is 6.92 Å². The number of carbonyl (C=O) groups is 1. The molecule has 0 saturated carbocycles. The molecule has 2 N–H and O–H groups in total. The third-order valence-electron chi connectivity index (χ3n) is 3.50. The molecule has 1 aromatic rings. The molecule has 1 unspecified atom stereocenters. The van der Waals surface area contributed by atoms with Crippen LogP contribution in [-0.2, 0) is 10.0 Å². The first-order valence-corrected chi connectivity index (χ1v) is 9.74. The number of anilines is 1. The van der Waals surface area contributed by atoms with Gasteiger partial charge in [0.15, 0.2) is 0 Å². The number of nitrogens with one attached hydrogen (secondary N) is 2. The zero-order chi connectivity index (χ0) is 18.1. The third kappa shape index (κ3) is 3.64. The highest BCUT2D eigenvalue weighted by Gasteiger charge is 2.32. The van der Waals surface area contributed by atoms with Gasteiger partial charge in [-0.25, -0.2) is 17.6 Å². The fraction of sp³-hybridized carbons (Fsp3) is 0.357. The second-order valence-electron chi connectivity index (χ2n) is 5.12. The van der Waals surface area contributed by atoms with Gasteiger partial charge in [0.2, 0.25) is 10.0 Å². The van der Waals surface area contributed by atoms with Gasteiger partial charge >= 0.3 is 6.03 Å². The molecule has 1 heterocycles. The van der Waals surface area contributed by atoms with Crippen LogP contribution in [0.25, 0.3) is 0 Å². The first kappa shape index (κ1) is 18.5. The Balaban J connectivity index is 2.57. The molecule has 10 heteroatoms. The highest BCUT2D eigenvalue weighted by Crippen LogP contribution is 2.35. The lowest BCUT2D eigenvalue weighted by Crippen LogP contribution is -2.39. The molecule has 0 saturated heterocycles. The van der Waals surface area contributed by atoms with Crippen molar-refractivity contribution in [1.82, 2.24) is 15.5 Å². The van der Waals surface area contributed by atoms with E-state index in [1.807, 2.05) is 0 Å². The van der Waals surface area contributed by atoms with Gasteiger partial charge in [-0.3, -0.25) is 9.21 Å². The minimum absolute atomic E-state index is 0.135. The van der Waals surface area contributed by atoms with Crippen LogP contribution < -0.4 is 14.9 Å². The zero-order valence-electron chi connectivity index (χ0n) is 13.4. The lowest BCUT2D eigenvalue weighted by Gasteiger charge is -2.29. The maximum absolute atomic E-state index is 13.8. The van der Waals surface area contributed by atoms with E-state index in [4.69, 9.17) is 0 Å². The molecule has 132 valence electrons. The van der Waals surface area contributed by atoms with E-state index in [2.05, 4.69) is 26.6 Å². The topological polar surface area (TPSA) is 81.8 Å². The number of halogens is 2. The van der Waals surface area contributed by atoms with Crippen molar-refractivity contribution in [3.05, 3.63) is 40.4 Å². The van der Waals surface area contributed by atoms with Crippen LogP contribution in [0.5, 0.6) is 0 Å². The number of rotatable bonds is 4. The molecule has 0 fully saturated rings. The number of urea groups is 1. The van der Waals surface area contributed by atoms with Gasteiger partial charge in [-0.15, -0.1) is 0 Å². The average molecular weight is 421 g/mol. The summed E-state index contributed by atoms with van der Waals surface area (Å²) in [7, 11) is -2.12. The number of sulfonamides is 1. The highest BCUT2D eigenvalue weighted by molar-refractivity contribution is 9.11. The van der Waals surface area contributed by atoms with Gasteiger partial charge in [0, 0.05) is 25.4 Å². The van der Waals surface area contributed by atoms with Crippen molar-refractivity contribution >= 4 is 37.7 Å². The Bertz CT molecular complexity index is 784. The van der Waals surface area contributed by atoms with Crippen LogP contribution in [0.2, 0.25) is 0 Å². The summed E-state index contributed by atoms with van der Waals surface area (Å²) < 4.78 is 39.5. The first-order valence-electron chi connectivity index (χ1n) is 7.10. The number of carbonyl (C=O) groups excluding carboxylic acids is 1. The van der Waals surface area contributed by atoms with Crippen LogP contribution in [-0.4, -0.2) is 39.2 Å². The van der Waals surface area contributed by atoms with Crippen molar-refractivity contribution in [2.24, 2.45) is 0 Å². The summed E-state index contributed by atoms with van der Waals surface area (Å²) in [6.45, 7) is 1.79. The Morgan fingerprint density at radius 2 is 2.17 bits per heavy atom. The molecular weight excluding hydrogens is 403 g/mol. The molecule has 0 aliphatic carbocycles. The van der Waals surface area contributed by atoms with Gasteiger partial charge in [0.25, 0.3) is 0 Å². The van der Waals surface area contributed by atoms with Crippen molar-refractivity contribution < 1.29 is 17.6 Å². The highest BCUT2D eigenvalue weighted by atomic mass is 79.9. The molecule has 24 heavy (non-hydrogen) atoms. The van der Waals surface area contributed by atoms with Crippen LogP contribution in [0.3, 0.4) is 0 Å². The van der Waals surface area contributed by atoms with Gasteiger partial charge in [-0.2, -0.15) is 0 Å². The van der Waals surface area contributed by atoms with Gasteiger partial charge in [0.05, 0.1) is 16.5 Å². The number of nitrogens with zero attached hydrogens (tertiary/aromatic N) is 2. The van der Waals surface area contributed by atoms with Crippen molar-refractivity contribution in [3.8, 4) is 0 Å². The summed E-state index contributed by atoms with van der Waals surface area (Å²) in [4.78, 5) is 13.4. The summed E-state index contributed by atoms with van der Waals surface area (Å²) in [6, 6.07) is 3.45. The monoisotopic (exact) mass is 420 g/mol. The molecular formula is C14H18BrFN4O3S. The van der Waals surface area contributed by atoms with Crippen molar-refractivity contribution in [2.45, 2.75) is 13.1 Å². The minimum atomic E-state index is -3.60. The van der Waals surface area contributed by atoms with Crippen molar-refractivity contribution in [2.75, 3.05) is 24.2 Å². The van der Waals surface area contributed by atoms with E-state index in [-0.39, 0.29) is 18.3 Å². The fourth-order valence-electron chi connectivity index (χ4n) is 2.51. The molecule has 2 amide bonds. The smallest absolute Gasteiger partial charge is 0.323 e. The number of amides is 2. The summed E-state index contributed by atoms with van der Waals surface area (Å²) >= 11 is 3.27. The van der Waals surface area contributed by atoms with E-state index in [0.29, 0.717) is 10.2 Å². The Hall–Kier alpha value is -1.81. The standard InChI is InChI=1S/C14H18BrFN4O3S/c1-4-20(24(3,22)23)11-7-9(16)5-6-10(11)13-18-12(15)8-19(13)14(21)17-2/h5-8,13,18H,4H2,1-3H3,(H,17,21). The van der Waals surface area contributed by atoms with Crippen LogP contribution in [0.1, 0.15) is 18.7 Å². The van der Waals surface area contributed by atoms with Crippen LogP contribution in [0.15, 0.2) is 29.0 Å². The third-order valence-corrected chi connectivity index (χ3v) is 5.19. The largest absolute Gasteiger partial charge is 0.354 e.